The summed E-state index contributed by atoms with van der Waals surface area (Å²) in [4.78, 5) is 24.8. The molecule has 6 heteroatoms. The Morgan fingerprint density at radius 1 is 1.29 bits per heavy atom. The second kappa shape index (κ2) is 7.20. The number of hydrogen-bond acceptors (Lipinski definition) is 3. The van der Waals surface area contributed by atoms with Crippen LogP contribution in [0.5, 0.6) is 0 Å². The van der Waals surface area contributed by atoms with Crippen LogP contribution < -0.4 is 10.2 Å². The minimum atomic E-state index is -0.762. The highest BCUT2D eigenvalue weighted by Gasteiger charge is 2.34. The third-order valence-electron chi connectivity index (χ3n) is 5.10. The molecule has 0 aromatic heterocycles. The summed E-state index contributed by atoms with van der Waals surface area (Å²) in [6.07, 6.45) is 3.35. The molecule has 1 atom stereocenters. The normalized spacial score (nSPS) is 26.0. The van der Waals surface area contributed by atoms with Crippen LogP contribution in [0.2, 0.25) is 0 Å². The molecule has 2 N–H and O–H groups in total. The standard InChI is InChI=1S/C18H23FN2O3/c19-15-3-1-2-4-16(15)21-8-7-13(11-21)18(24)20-14-9-12(10-14)5-6-17(22)23/h1-4,12-14H,5-11H2,(H,20,24)(H,22,23). The van der Waals surface area contributed by atoms with Crippen LogP contribution in [0.3, 0.4) is 0 Å². The summed E-state index contributed by atoms with van der Waals surface area (Å²) in [7, 11) is 0. The lowest BCUT2D eigenvalue weighted by Crippen LogP contribution is -2.47. The molecule has 1 aromatic carbocycles. The van der Waals surface area contributed by atoms with E-state index in [2.05, 4.69) is 5.32 Å². The van der Waals surface area contributed by atoms with E-state index in [4.69, 9.17) is 5.11 Å². The molecule has 0 radical (unpaired) electrons. The van der Waals surface area contributed by atoms with Crippen LogP contribution >= 0.6 is 0 Å². The Balaban J connectivity index is 1.43. The first-order valence-corrected chi connectivity index (χ1v) is 8.54. The van der Waals surface area contributed by atoms with Crippen molar-refractivity contribution >= 4 is 17.6 Å². The molecule has 5 nitrogen and oxygen atoms in total. The zero-order valence-electron chi connectivity index (χ0n) is 13.6. The zero-order chi connectivity index (χ0) is 17.1. The van der Waals surface area contributed by atoms with Gasteiger partial charge in [0, 0.05) is 25.6 Å². The van der Waals surface area contributed by atoms with E-state index in [1.807, 2.05) is 4.90 Å². The Bertz CT molecular complexity index is 616. The summed E-state index contributed by atoms with van der Waals surface area (Å²) in [5.74, 6) is -0.677. The molecule has 1 heterocycles. The number of rotatable bonds is 6. The van der Waals surface area contributed by atoms with E-state index in [1.54, 1.807) is 18.2 Å². The van der Waals surface area contributed by atoms with Crippen molar-refractivity contribution in [3.05, 3.63) is 30.1 Å². The Labute approximate surface area is 140 Å². The predicted octanol–water partition coefficient (Wildman–Crippen LogP) is 2.41. The number of hydrogen-bond donors (Lipinski definition) is 2. The van der Waals surface area contributed by atoms with Gasteiger partial charge in [-0.1, -0.05) is 12.1 Å². The van der Waals surface area contributed by atoms with E-state index in [0.29, 0.717) is 31.1 Å². The molecule has 0 spiro atoms. The number of carbonyl (C=O) groups excluding carboxylic acids is 1. The number of carbonyl (C=O) groups is 2. The average Bonchev–Trinajstić information content (AvgIpc) is 2.99. The van der Waals surface area contributed by atoms with Gasteiger partial charge in [0.2, 0.25) is 5.91 Å². The van der Waals surface area contributed by atoms with E-state index < -0.39 is 5.97 Å². The summed E-state index contributed by atoms with van der Waals surface area (Å²) in [5.41, 5.74) is 0.560. The molecule has 3 rings (SSSR count). The maximum atomic E-state index is 13.8. The van der Waals surface area contributed by atoms with Crippen molar-refractivity contribution in [2.45, 2.75) is 38.1 Å². The van der Waals surface area contributed by atoms with Gasteiger partial charge in [-0.3, -0.25) is 9.59 Å². The highest BCUT2D eigenvalue weighted by atomic mass is 19.1. The van der Waals surface area contributed by atoms with Crippen molar-refractivity contribution in [2.75, 3.05) is 18.0 Å². The number of benzene rings is 1. The SMILES string of the molecule is O=C(O)CCC1CC(NC(=O)C2CCN(c3ccccc3F)C2)C1. The fourth-order valence-corrected chi connectivity index (χ4v) is 3.64. The lowest BCUT2D eigenvalue weighted by Gasteiger charge is -2.36. The zero-order valence-corrected chi connectivity index (χ0v) is 13.6. The Hall–Kier alpha value is -2.11. The van der Waals surface area contributed by atoms with Crippen LogP contribution in [0.1, 0.15) is 32.1 Å². The monoisotopic (exact) mass is 334 g/mol. The molecule has 1 aliphatic carbocycles. The first-order valence-electron chi connectivity index (χ1n) is 8.54. The van der Waals surface area contributed by atoms with E-state index in [-0.39, 0.29) is 30.1 Å². The molecule has 1 unspecified atom stereocenters. The number of carboxylic acid groups (broad SMARTS) is 1. The van der Waals surface area contributed by atoms with Gasteiger partial charge in [-0.25, -0.2) is 4.39 Å². The maximum absolute atomic E-state index is 13.8. The molecule has 2 aliphatic rings. The lowest BCUT2D eigenvalue weighted by atomic mass is 9.77. The molecule has 130 valence electrons. The third kappa shape index (κ3) is 3.86. The Kier molecular flexibility index (Phi) is 5.02. The number of para-hydroxylation sites is 1. The van der Waals surface area contributed by atoms with E-state index in [9.17, 15) is 14.0 Å². The highest BCUT2D eigenvalue weighted by Crippen LogP contribution is 2.32. The Morgan fingerprint density at radius 3 is 2.75 bits per heavy atom. The molecule has 1 aliphatic heterocycles. The number of amides is 1. The highest BCUT2D eigenvalue weighted by molar-refractivity contribution is 5.80. The Morgan fingerprint density at radius 2 is 2.04 bits per heavy atom. The summed E-state index contributed by atoms with van der Waals surface area (Å²) in [6.45, 7) is 1.23. The van der Waals surface area contributed by atoms with Crippen LogP contribution in [0.4, 0.5) is 10.1 Å². The van der Waals surface area contributed by atoms with Crippen LogP contribution in [0.15, 0.2) is 24.3 Å². The molecular formula is C18H23FN2O3. The molecule has 1 saturated heterocycles. The molecule has 1 saturated carbocycles. The van der Waals surface area contributed by atoms with Crippen LogP contribution in [-0.4, -0.2) is 36.1 Å². The van der Waals surface area contributed by atoms with Crippen LogP contribution in [0.25, 0.3) is 0 Å². The minimum absolute atomic E-state index is 0.0375. The topological polar surface area (TPSA) is 69.6 Å². The quantitative estimate of drug-likeness (QED) is 0.838. The third-order valence-corrected chi connectivity index (χ3v) is 5.10. The van der Waals surface area contributed by atoms with Crippen molar-refractivity contribution in [3.8, 4) is 0 Å². The summed E-state index contributed by atoms with van der Waals surface area (Å²) in [6, 6.07) is 6.82. The van der Waals surface area contributed by atoms with E-state index >= 15 is 0 Å². The van der Waals surface area contributed by atoms with Crippen LogP contribution in [-0.2, 0) is 9.59 Å². The smallest absolute Gasteiger partial charge is 0.303 e. The molecular weight excluding hydrogens is 311 g/mol. The second-order valence-electron chi connectivity index (χ2n) is 6.86. The first kappa shape index (κ1) is 16.7. The number of halogens is 1. The molecule has 1 amide bonds. The number of anilines is 1. The van der Waals surface area contributed by atoms with E-state index in [0.717, 1.165) is 19.3 Å². The van der Waals surface area contributed by atoms with Gasteiger partial charge in [0.1, 0.15) is 5.82 Å². The van der Waals surface area contributed by atoms with Gasteiger partial charge in [0.05, 0.1) is 11.6 Å². The number of aliphatic carboxylic acids is 1. The van der Waals surface area contributed by atoms with Crippen molar-refractivity contribution in [1.82, 2.24) is 5.32 Å². The van der Waals surface area contributed by atoms with Crippen molar-refractivity contribution < 1.29 is 19.1 Å². The van der Waals surface area contributed by atoms with Crippen molar-refractivity contribution in [3.63, 3.8) is 0 Å². The molecule has 2 fully saturated rings. The van der Waals surface area contributed by atoms with Crippen molar-refractivity contribution in [1.29, 1.82) is 0 Å². The van der Waals surface area contributed by atoms with Gasteiger partial charge < -0.3 is 15.3 Å². The average molecular weight is 334 g/mol. The van der Waals surface area contributed by atoms with Gasteiger partial charge in [-0.05, 0) is 43.7 Å². The predicted molar refractivity (Wildman–Crippen MR) is 88.2 cm³/mol. The van der Waals surface area contributed by atoms with Gasteiger partial charge in [-0.15, -0.1) is 0 Å². The molecule has 24 heavy (non-hydrogen) atoms. The molecule has 1 aromatic rings. The lowest BCUT2D eigenvalue weighted by molar-refractivity contribution is -0.137. The maximum Gasteiger partial charge on any atom is 0.303 e. The largest absolute Gasteiger partial charge is 0.481 e. The minimum Gasteiger partial charge on any atom is -0.481 e. The van der Waals surface area contributed by atoms with Crippen molar-refractivity contribution in [2.24, 2.45) is 11.8 Å². The van der Waals surface area contributed by atoms with Gasteiger partial charge in [0.15, 0.2) is 0 Å². The molecule has 0 bridgehead atoms. The van der Waals surface area contributed by atoms with Gasteiger partial charge in [0.25, 0.3) is 0 Å². The summed E-state index contributed by atoms with van der Waals surface area (Å²) >= 11 is 0. The van der Waals surface area contributed by atoms with E-state index in [1.165, 1.54) is 6.07 Å². The van der Waals surface area contributed by atoms with Crippen LogP contribution in [0, 0.1) is 17.7 Å². The number of carboxylic acids is 1. The van der Waals surface area contributed by atoms with Gasteiger partial charge in [-0.2, -0.15) is 0 Å². The second-order valence-corrected chi connectivity index (χ2v) is 6.86. The fourth-order valence-electron chi connectivity index (χ4n) is 3.64. The number of nitrogens with one attached hydrogen (secondary N) is 1. The summed E-state index contributed by atoms with van der Waals surface area (Å²) < 4.78 is 13.8. The summed E-state index contributed by atoms with van der Waals surface area (Å²) in [5, 5.41) is 11.7. The first-order chi connectivity index (χ1) is 11.5. The fraction of sp³-hybridized carbons (Fsp3) is 0.556. The van der Waals surface area contributed by atoms with Gasteiger partial charge >= 0.3 is 5.97 Å². The number of nitrogens with zero attached hydrogens (tertiary/aromatic N) is 1.